The Morgan fingerprint density at radius 2 is 2.00 bits per heavy atom. The Balaban J connectivity index is 2.07. The van der Waals surface area contributed by atoms with E-state index in [1.807, 2.05) is 30.3 Å². The Labute approximate surface area is 94.9 Å². The quantitative estimate of drug-likeness (QED) is 0.717. The van der Waals surface area contributed by atoms with Gasteiger partial charge in [-0.2, -0.15) is 0 Å². The van der Waals surface area contributed by atoms with Gasteiger partial charge in [0.05, 0.1) is 13.2 Å². The molecule has 2 nitrogen and oxygen atoms in total. The number of benzene rings is 1. The van der Waals surface area contributed by atoms with Crippen molar-refractivity contribution in [2.45, 2.75) is 12.8 Å². The van der Waals surface area contributed by atoms with Gasteiger partial charge in [-0.05, 0) is 12.0 Å². The molecule has 1 aliphatic carbocycles. The highest BCUT2D eigenvalue weighted by atomic mass is 16.5. The fourth-order valence-electron chi connectivity index (χ4n) is 2.68. The van der Waals surface area contributed by atoms with Crippen molar-refractivity contribution in [3.05, 3.63) is 41.5 Å². The third kappa shape index (κ3) is 1.50. The fourth-order valence-corrected chi connectivity index (χ4v) is 2.68. The standard InChI is InChI=1S/C14H14O2/c15-13-8-11-9-16-7-6-12(11)14(13)10-4-2-1-3-5-10/h1-5,11H,6-9H2/t11-/m1/s1. The van der Waals surface area contributed by atoms with Crippen LogP contribution in [0.5, 0.6) is 0 Å². The van der Waals surface area contributed by atoms with E-state index in [4.69, 9.17) is 4.74 Å². The number of rotatable bonds is 1. The molecule has 3 rings (SSSR count). The number of ketones is 1. The van der Waals surface area contributed by atoms with E-state index in [1.54, 1.807) is 0 Å². The smallest absolute Gasteiger partial charge is 0.164 e. The number of carbonyl (C=O) groups excluding carboxylic acids is 1. The van der Waals surface area contributed by atoms with Crippen molar-refractivity contribution in [1.29, 1.82) is 0 Å². The van der Waals surface area contributed by atoms with Crippen LogP contribution in [0.2, 0.25) is 0 Å². The second-order valence-corrected chi connectivity index (χ2v) is 4.42. The zero-order valence-corrected chi connectivity index (χ0v) is 9.11. The molecule has 1 heterocycles. The minimum Gasteiger partial charge on any atom is -0.380 e. The van der Waals surface area contributed by atoms with E-state index in [-0.39, 0.29) is 5.78 Å². The minimum atomic E-state index is 0.289. The number of allylic oxidation sites excluding steroid dienone is 1. The van der Waals surface area contributed by atoms with Gasteiger partial charge in [0.2, 0.25) is 0 Å². The molecule has 2 heteroatoms. The summed E-state index contributed by atoms with van der Waals surface area (Å²) in [4.78, 5) is 12.0. The van der Waals surface area contributed by atoms with Crippen LogP contribution in [0.15, 0.2) is 35.9 Å². The van der Waals surface area contributed by atoms with Crippen molar-refractivity contribution in [2.75, 3.05) is 13.2 Å². The Morgan fingerprint density at radius 1 is 1.19 bits per heavy atom. The predicted molar refractivity (Wildman–Crippen MR) is 61.9 cm³/mol. The highest BCUT2D eigenvalue weighted by Crippen LogP contribution is 2.39. The highest BCUT2D eigenvalue weighted by Gasteiger charge is 2.34. The van der Waals surface area contributed by atoms with Crippen LogP contribution in [0, 0.1) is 5.92 Å². The van der Waals surface area contributed by atoms with Crippen molar-refractivity contribution >= 4 is 11.4 Å². The second-order valence-electron chi connectivity index (χ2n) is 4.42. The van der Waals surface area contributed by atoms with Gasteiger partial charge in [-0.1, -0.05) is 35.9 Å². The van der Waals surface area contributed by atoms with Crippen molar-refractivity contribution in [1.82, 2.24) is 0 Å². The van der Waals surface area contributed by atoms with E-state index in [0.29, 0.717) is 12.3 Å². The second kappa shape index (κ2) is 3.87. The normalized spacial score (nSPS) is 24.8. The van der Waals surface area contributed by atoms with Crippen LogP contribution >= 0.6 is 0 Å². The van der Waals surface area contributed by atoms with E-state index >= 15 is 0 Å². The summed E-state index contributed by atoms with van der Waals surface area (Å²) >= 11 is 0. The molecule has 0 aromatic heterocycles. The molecular weight excluding hydrogens is 200 g/mol. The molecule has 0 unspecified atom stereocenters. The van der Waals surface area contributed by atoms with E-state index in [2.05, 4.69) is 0 Å². The van der Waals surface area contributed by atoms with Crippen LogP contribution in [-0.2, 0) is 9.53 Å². The Morgan fingerprint density at radius 3 is 2.81 bits per heavy atom. The van der Waals surface area contributed by atoms with Gasteiger partial charge in [-0.25, -0.2) is 0 Å². The van der Waals surface area contributed by atoms with E-state index in [9.17, 15) is 4.79 Å². The lowest BCUT2D eigenvalue weighted by Gasteiger charge is -2.21. The van der Waals surface area contributed by atoms with Crippen LogP contribution in [0.25, 0.3) is 5.57 Å². The predicted octanol–water partition coefficient (Wildman–Crippen LogP) is 2.45. The molecule has 1 atom stereocenters. The van der Waals surface area contributed by atoms with Crippen LogP contribution < -0.4 is 0 Å². The molecule has 0 spiro atoms. The van der Waals surface area contributed by atoms with Crippen LogP contribution in [0.4, 0.5) is 0 Å². The molecular formula is C14H14O2. The average molecular weight is 214 g/mol. The Bertz CT molecular complexity index is 445. The molecule has 1 aliphatic heterocycles. The van der Waals surface area contributed by atoms with E-state index in [1.165, 1.54) is 5.57 Å². The summed E-state index contributed by atoms with van der Waals surface area (Å²) in [6, 6.07) is 10.0. The van der Waals surface area contributed by atoms with Gasteiger partial charge in [0.15, 0.2) is 5.78 Å². The lowest BCUT2D eigenvalue weighted by Crippen LogP contribution is -2.17. The molecule has 1 aromatic carbocycles. The average Bonchev–Trinajstić information content (AvgIpc) is 2.66. The third-order valence-corrected chi connectivity index (χ3v) is 3.42. The lowest BCUT2D eigenvalue weighted by atomic mass is 9.94. The maximum absolute atomic E-state index is 12.0. The van der Waals surface area contributed by atoms with Crippen LogP contribution in [0.3, 0.4) is 0 Å². The van der Waals surface area contributed by atoms with Gasteiger partial charge >= 0.3 is 0 Å². The van der Waals surface area contributed by atoms with Crippen molar-refractivity contribution in [3.63, 3.8) is 0 Å². The molecule has 2 aliphatic rings. The largest absolute Gasteiger partial charge is 0.380 e. The zero-order chi connectivity index (χ0) is 11.0. The summed E-state index contributed by atoms with van der Waals surface area (Å²) in [5, 5.41) is 0. The molecule has 0 saturated carbocycles. The first-order chi connectivity index (χ1) is 7.86. The number of Topliss-reactive ketones (excluding diaryl/α,β-unsaturated/α-hetero) is 1. The highest BCUT2D eigenvalue weighted by molar-refractivity contribution is 6.24. The number of hydrogen-bond donors (Lipinski definition) is 0. The van der Waals surface area contributed by atoms with Crippen molar-refractivity contribution in [2.24, 2.45) is 5.92 Å². The van der Waals surface area contributed by atoms with E-state index in [0.717, 1.165) is 30.8 Å². The molecule has 0 bridgehead atoms. The lowest BCUT2D eigenvalue weighted by molar-refractivity contribution is -0.114. The van der Waals surface area contributed by atoms with Crippen LogP contribution in [-0.4, -0.2) is 19.0 Å². The van der Waals surface area contributed by atoms with Gasteiger partial charge in [-0.3, -0.25) is 4.79 Å². The summed E-state index contributed by atoms with van der Waals surface area (Å²) in [5.41, 5.74) is 3.36. The number of carbonyl (C=O) groups is 1. The minimum absolute atomic E-state index is 0.289. The molecule has 16 heavy (non-hydrogen) atoms. The summed E-state index contributed by atoms with van der Waals surface area (Å²) < 4.78 is 5.43. The van der Waals surface area contributed by atoms with Crippen molar-refractivity contribution in [3.8, 4) is 0 Å². The number of hydrogen-bond acceptors (Lipinski definition) is 2. The molecule has 0 amide bonds. The first kappa shape index (κ1) is 9.79. The topological polar surface area (TPSA) is 26.3 Å². The third-order valence-electron chi connectivity index (χ3n) is 3.42. The summed E-state index contributed by atoms with van der Waals surface area (Å²) in [5.74, 6) is 0.633. The first-order valence-electron chi connectivity index (χ1n) is 5.75. The SMILES string of the molecule is O=C1C[C@@H]2COCCC2=C1c1ccccc1. The fraction of sp³-hybridized carbons (Fsp3) is 0.357. The molecule has 0 N–H and O–H groups in total. The summed E-state index contributed by atoms with van der Waals surface area (Å²) in [7, 11) is 0. The molecule has 0 radical (unpaired) electrons. The summed E-state index contributed by atoms with van der Waals surface area (Å²) in [6.07, 6.45) is 1.56. The monoisotopic (exact) mass is 214 g/mol. The van der Waals surface area contributed by atoms with Gasteiger partial charge in [0.25, 0.3) is 0 Å². The molecule has 1 aromatic rings. The van der Waals surface area contributed by atoms with Gasteiger partial charge < -0.3 is 4.74 Å². The number of fused-ring (bicyclic) bond motifs is 1. The Kier molecular flexibility index (Phi) is 2.37. The van der Waals surface area contributed by atoms with Crippen molar-refractivity contribution < 1.29 is 9.53 Å². The Hall–Kier alpha value is -1.41. The van der Waals surface area contributed by atoms with E-state index < -0.39 is 0 Å². The molecule has 82 valence electrons. The van der Waals surface area contributed by atoms with Gasteiger partial charge in [0, 0.05) is 17.9 Å². The zero-order valence-electron chi connectivity index (χ0n) is 9.11. The molecule has 1 saturated heterocycles. The number of ether oxygens (including phenoxy) is 1. The first-order valence-corrected chi connectivity index (χ1v) is 5.75. The van der Waals surface area contributed by atoms with Crippen LogP contribution in [0.1, 0.15) is 18.4 Å². The van der Waals surface area contributed by atoms with Gasteiger partial charge in [-0.15, -0.1) is 0 Å². The summed E-state index contributed by atoms with van der Waals surface area (Å²) in [6.45, 7) is 1.48. The van der Waals surface area contributed by atoms with Gasteiger partial charge in [0.1, 0.15) is 0 Å². The maximum atomic E-state index is 12.0. The maximum Gasteiger partial charge on any atom is 0.164 e. The molecule has 1 fully saturated rings.